The maximum absolute atomic E-state index is 12.3. The summed E-state index contributed by atoms with van der Waals surface area (Å²) in [6.45, 7) is 6.46. The largest absolute Gasteiger partial charge is 0.337 e. The Labute approximate surface area is 121 Å². The Balaban J connectivity index is 1.89. The van der Waals surface area contributed by atoms with Crippen LogP contribution in [-0.4, -0.2) is 48.1 Å². The lowest BCUT2D eigenvalue weighted by Gasteiger charge is -2.38. The molecule has 1 heterocycles. The Hall–Kier alpha value is -1.12. The van der Waals surface area contributed by atoms with E-state index in [1.54, 1.807) is 0 Å². The van der Waals surface area contributed by atoms with Crippen molar-refractivity contribution in [2.75, 3.05) is 19.6 Å². The van der Waals surface area contributed by atoms with Crippen molar-refractivity contribution in [1.29, 1.82) is 5.26 Å². The molecule has 1 saturated carbocycles. The van der Waals surface area contributed by atoms with Gasteiger partial charge in [0, 0.05) is 25.2 Å². The van der Waals surface area contributed by atoms with Gasteiger partial charge in [-0.3, -0.25) is 9.69 Å². The van der Waals surface area contributed by atoms with Crippen LogP contribution in [0.1, 0.15) is 46.0 Å². The van der Waals surface area contributed by atoms with Gasteiger partial charge in [0.15, 0.2) is 0 Å². The van der Waals surface area contributed by atoms with Crippen LogP contribution in [0.15, 0.2) is 0 Å². The van der Waals surface area contributed by atoms with Gasteiger partial charge >= 0.3 is 0 Å². The highest BCUT2D eigenvalue weighted by molar-refractivity contribution is 5.79. The molecule has 0 aromatic rings. The molecule has 2 unspecified atom stereocenters. The second-order valence-corrected chi connectivity index (χ2v) is 6.39. The van der Waals surface area contributed by atoms with Crippen LogP contribution >= 0.6 is 0 Å². The van der Waals surface area contributed by atoms with Crippen molar-refractivity contribution in [1.82, 2.24) is 15.5 Å². The van der Waals surface area contributed by atoms with Gasteiger partial charge in [-0.05, 0) is 26.7 Å². The summed E-state index contributed by atoms with van der Waals surface area (Å²) in [6, 6.07) is 3.12. The molecule has 5 nitrogen and oxygen atoms in total. The zero-order valence-electron chi connectivity index (χ0n) is 12.6. The Morgan fingerprint density at radius 3 is 2.75 bits per heavy atom. The minimum absolute atomic E-state index is 0.00519. The number of hydrogen-bond acceptors (Lipinski definition) is 4. The summed E-state index contributed by atoms with van der Waals surface area (Å²) in [5.41, 5.74) is -0.613. The monoisotopic (exact) mass is 278 g/mol. The summed E-state index contributed by atoms with van der Waals surface area (Å²) in [6.07, 6.45) is 4.83. The van der Waals surface area contributed by atoms with E-state index in [9.17, 15) is 10.1 Å². The van der Waals surface area contributed by atoms with Gasteiger partial charge in [-0.25, -0.2) is 0 Å². The average Bonchev–Trinajstić information content (AvgIpc) is 2.44. The van der Waals surface area contributed by atoms with Crippen molar-refractivity contribution in [2.24, 2.45) is 0 Å². The summed E-state index contributed by atoms with van der Waals surface area (Å²) >= 11 is 0. The zero-order valence-corrected chi connectivity index (χ0v) is 12.6. The first-order valence-electron chi connectivity index (χ1n) is 7.74. The molecule has 1 aliphatic heterocycles. The van der Waals surface area contributed by atoms with E-state index in [1.165, 1.54) is 6.42 Å². The molecule has 112 valence electrons. The van der Waals surface area contributed by atoms with Crippen molar-refractivity contribution in [3.63, 3.8) is 0 Å². The van der Waals surface area contributed by atoms with Crippen molar-refractivity contribution in [2.45, 2.75) is 63.6 Å². The van der Waals surface area contributed by atoms with Gasteiger partial charge in [0.2, 0.25) is 5.91 Å². The van der Waals surface area contributed by atoms with Crippen molar-refractivity contribution in [3.8, 4) is 6.07 Å². The third kappa shape index (κ3) is 3.71. The van der Waals surface area contributed by atoms with E-state index < -0.39 is 5.54 Å². The number of piperazine rings is 1. The summed E-state index contributed by atoms with van der Waals surface area (Å²) in [5, 5.41) is 15.8. The summed E-state index contributed by atoms with van der Waals surface area (Å²) in [7, 11) is 0. The molecule has 2 aliphatic rings. The number of nitrogens with zero attached hydrogens (tertiary/aromatic N) is 2. The SMILES string of the molecule is CC1CN(CC(=O)NC2(C#N)CCCCC2)C(C)CN1. The lowest BCUT2D eigenvalue weighted by Crippen LogP contribution is -2.58. The topological polar surface area (TPSA) is 68.2 Å². The number of nitriles is 1. The fourth-order valence-electron chi connectivity index (χ4n) is 3.23. The molecular formula is C15H26N4O. The van der Waals surface area contributed by atoms with Crippen LogP contribution < -0.4 is 10.6 Å². The second kappa shape index (κ2) is 6.55. The zero-order chi connectivity index (χ0) is 14.6. The number of nitrogens with one attached hydrogen (secondary N) is 2. The Morgan fingerprint density at radius 2 is 2.10 bits per heavy atom. The van der Waals surface area contributed by atoms with E-state index in [0.29, 0.717) is 18.6 Å². The van der Waals surface area contributed by atoms with Crippen LogP contribution in [0.2, 0.25) is 0 Å². The first-order valence-corrected chi connectivity index (χ1v) is 7.74. The molecule has 2 rings (SSSR count). The Bertz CT molecular complexity index is 384. The average molecular weight is 278 g/mol. The van der Waals surface area contributed by atoms with Crippen LogP contribution in [-0.2, 0) is 4.79 Å². The Kier molecular flexibility index (Phi) is 5.00. The standard InChI is InChI=1S/C15H26N4O/c1-12-9-19(13(2)8-17-12)10-14(20)18-15(11-16)6-4-3-5-7-15/h12-13,17H,3-10H2,1-2H3,(H,18,20). The molecule has 0 spiro atoms. The highest BCUT2D eigenvalue weighted by atomic mass is 16.2. The van der Waals surface area contributed by atoms with E-state index in [4.69, 9.17) is 0 Å². The lowest BCUT2D eigenvalue weighted by atomic mass is 9.83. The van der Waals surface area contributed by atoms with Crippen LogP contribution in [0.25, 0.3) is 0 Å². The van der Waals surface area contributed by atoms with Gasteiger partial charge in [-0.1, -0.05) is 19.3 Å². The van der Waals surface area contributed by atoms with E-state index >= 15 is 0 Å². The number of hydrogen-bond donors (Lipinski definition) is 2. The van der Waals surface area contributed by atoms with Crippen LogP contribution in [0.3, 0.4) is 0 Å². The third-order valence-corrected chi connectivity index (χ3v) is 4.54. The van der Waals surface area contributed by atoms with E-state index in [-0.39, 0.29) is 5.91 Å². The Morgan fingerprint density at radius 1 is 1.40 bits per heavy atom. The van der Waals surface area contributed by atoms with Gasteiger partial charge in [0.25, 0.3) is 0 Å². The highest BCUT2D eigenvalue weighted by Crippen LogP contribution is 2.27. The minimum atomic E-state index is -0.613. The van der Waals surface area contributed by atoms with Crippen LogP contribution in [0.4, 0.5) is 0 Å². The van der Waals surface area contributed by atoms with Gasteiger partial charge in [-0.15, -0.1) is 0 Å². The molecule has 1 amide bonds. The lowest BCUT2D eigenvalue weighted by molar-refractivity contribution is -0.124. The fourth-order valence-corrected chi connectivity index (χ4v) is 3.23. The normalized spacial score (nSPS) is 30.4. The minimum Gasteiger partial charge on any atom is -0.337 e. The number of rotatable bonds is 3. The van der Waals surface area contributed by atoms with Crippen molar-refractivity contribution >= 4 is 5.91 Å². The predicted molar refractivity (Wildman–Crippen MR) is 78.1 cm³/mol. The molecule has 1 saturated heterocycles. The molecule has 2 fully saturated rings. The quantitative estimate of drug-likeness (QED) is 0.808. The smallest absolute Gasteiger partial charge is 0.235 e. The number of carbonyl (C=O) groups excluding carboxylic acids is 1. The molecule has 2 atom stereocenters. The second-order valence-electron chi connectivity index (χ2n) is 6.39. The first kappa shape index (κ1) is 15.3. The number of carbonyl (C=O) groups is 1. The summed E-state index contributed by atoms with van der Waals surface area (Å²) in [4.78, 5) is 14.5. The molecule has 0 aromatic carbocycles. The van der Waals surface area contributed by atoms with Crippen molar-refractivity contribution < 1.29 is 4.79 Å². The molecule has 0 bridgehead atoms. The molecule has 0 radical (unpaired) electrons. The fraction of sp³-hybridized carbons (Fsp3) is 0.867. The maximum Gasteiger partial charge on any atom is 0.235 e. The van der Waals surface area contributed by atoms with Crippen molar-refractivity contribution in [3.05, 3.63) is 0 Å². The third-order valence-electron chi connectivity index (χ3n) is 4.54. The maximum atomic E-state index is 12.3. The summed E-state index contributed by atoms with van der Waals surface area (Å²) in [5.74, 6) is -0.00519. The van der Waals surface area contributed by atoms with Crippen LogP contribution in [0.5, 0.6) is 0 Å². The van der Waals surface area contributed by atoms with Gasteiger partial charge in [0.05, 0.1) is 12.6 Å². The molecule has 2 N–H and O–H groups in total. The van der Waals surface area contributed by atoms with Gasteiger partial charge < -0.3 is 10.6 Å². The van der Waals surface area contributed by atoms with Crippen LogP contribution in [0, 0.1) is 11.3 Å². The molecule has 5 heteroatoms. The molecular weight excluding hydrogens is 252 g/mol. The predicted octanol–water partition coefficient (Wildman–Crippen LogP) is 1.01. The summed E-state index contributed by atoms with van der Waals surface area (Å²) < 4.78 is 0. The van der Waals surface area contributed by atoms with E-state index in [0.717, 1.165) is 38.8 Å². The van der Waals surface area contributed by atoms with E-state index in [2.05, 4.69) is 35.5 Å². The van der Waals surface area contributed by atoms with E-state index in [1.807, 2.05) is 0 Å². The molecule has 20 heavy (non-hydrogen) atoms. The first-order chi connectivity index (χ1) is 9.54. The van der Waals surface area contributed by atoms with Gasteiger partial charge in [0.1, 0.15) is 5.54 Å². The molecule has 0 aromatic heterocycles. The van der Waals surface area contributed by atoms with Gasteiger partial charge in [-0.2, -0.15) is 5.26 Å². The molecule has 1 aliphatic carbocycles. The highest BCUT2D eigenvalue weighted by Gasteiger charge is 2.34. The number of amides is 1.